The van der Waals surface area contributed by atoms with Crippen molar-refractivity contribution in [2.45, 2.75) is 311 Å². The summed E-state index contributed by atoms with van der Waals surface area (Å²) in [5, 5.41) is 120. The Labute approximate surface area is 460 Å². The molecule has 452 valence electrons. The molecule has 3 fully saturated rings. The van der Waals surface area contributed by atoms with Crippen molar-refractivity contribution in [2.24, 2.45) is 0 Å². The number of hydrogen-bond donors (Lipinski definition) is 12. The standard InChI is InChI=1S/C58H107NO18/c1-3-5-7-9-11-13-15-16-17-18-19-20-21-22-23-24-25-26-27-29-31-33-35-42(63)41(59-46(64)36-34-32-30-28-14-12-10-8-6-4-2)40-72-56-52(70)49(67)54(44(38-61)74-56)77-58-53(71)50(68)55(45(39-62)75-58)76-57-51(69)48(66)47(65)43(37-60)73-57/h8,10,33,35,41-45,47-58,60-63,65-71H,3-7,9,11-32,34,36-40H2,1-2H3,(H,59,64)/b10-8-,35-33+. The summed E-state index contributed by atoms with van der Waals surface area (Å²) in [7, 11) is 0. The Morgan fingerprint density at radius 3 is 1.31 bits per heavy atom. The van der Waals surface area contributed by atoms with Gasteiger partial charge in [0, 0.05) is 6.42 Å². The van der Waals surface area contributed by atoms with Crippen LogP contribution in [0.5, 0.6) is 0 Å². The van der Waals surface area contributed by atoms with Crippen molar-refractivity contribution in [2.75, 3.05) is 26.4 Å². The lowest BCUT2D eigenvalue weighted by atomic mass is 9.96. The largest absolute Gasteiger partial charge is 0.394 e. The van der Waals surface area contributed by atoms with Gasteiger partial charge in [-0.1, -0.05) is 186 Å². The monoisotopic (exact) mass is 1110 g/mol. The maximum absolute atomic E-state index is 13.2. The van der Waals surface area contributed by atoms with E-state index < -0.39 is 124 Å². The van der Waals surface area contributed by atoms with Crippen LogP contribution in [-0.2, 0) is 33.2 Å². The molecule has 0 saturated carbocycles. The van der Waals surface area contributed by atoms with E-state index >= 15 is 0 Å². The van der Waals surface area contributed by atoms with Crippen LogP contribution in [0.1, 0.15) is 206 Å². The van der Waals surface area contributed by atoms with Crippen molar-refractivity contribution in [1.29, 1.82) is 0 Å². The molecule has 1 amide bonds. The molecule has 19 heteroatoms. The van der Waals surface area contributed by atoms with Gasteiger partial charge in [-0.25, -0.2) is 0 Å². The van der Waals surface area contributed by atoms with E-state index in [1.807, 2.05) is 6.08 Å². The lowest BCUT2D eigenvalue weighted by Gasteiger charge is -2.48. The maximum Gasteiger partial charge on any atom is 0.220 e. The minimum atomic E-state index is -1.98. The number of hydrogen-bond acceptors (Lipinski definition) is 18. The highest BCUT2D eigenvalue weighted by Gasteiger charge is 2.53. The van der Waals surface area contributed by atoms with Crippen LogP contribution in [0.15, 0.2) is 24.3 Å². The zero-order valence-electron chi connectivity index (χ0n) is 46.9. The summed E-state index contributed by atoms with van der Waals surface area (Å²) in [5.74, 6) is -0.287. The summed E-state index contributed by atoms with van der Waals surface area (Å²) in [6.07, 6.45) is 16.1. The first kappa shape index (κ1) is 69.5. The van der Waals surface area contributed by atoms with Gasteiger partial charge in [-0.3, -0.25) is 4.79 Å². The number of amides is 1. The average Bonchev–Trinajstić information content (AvgIpc) is 3.43. The second-order valence-electron chi connectivity index (χ2n) is 21.8. The molecule has 19 nitrogen and oxygen atoms in total. The molecule has 3 aliphatic heterocycles. The molecular weight excluding hydrogens is 999 g/mol. The van der Waals surface area contributed by atoms with Gasteiger partial charge in [-0.15, -0.1) is 0 Å². The van der Waals surface area contributed by atoms with E-state index in [9.17, 15) is 61.0 Å². The van der Waals surface area contributed by atoms with E-state index in [2.05, 4.69) is 31.3 Å². The highest BCUT2D eigenvalue weighted by Crippen LogP contribution is 2.33. The molecule has 3 rings (SSSR count). The van der Waals surface area contributed by atoms with Crippen molar-refractivity contribution in [1.82, 2.24) is 5.32 Å². The second kappa shape index (κ2) is 42.1. The Kier molecular flexibility index (Phi) is 38.1. The molecule has 17 unspecified atom stereocenters. The topological polar surface area (TPSA) is 307 Å². The van der Waals surface area contributed by atoms with Gasteiger partial charge in [-0.2, -0.15) is 0 Å². The molecule has 0 aromatic rings. The number of aliphatic hydroxyl groups is 11. The van der Waals surface area contributed by atoms with Crippen molar-refractivity contribution in [3.05, 3.63) is 24.3 Å². The van der Waals surface area contributed by atoms with Crippen LogP contribution in [0.3, 0.4) is 0 Å². The van der Waals surface area contributed by atoms with Gasteiger partial charge in [0.05, 0.1) is 38.6 Å². The van der Waals surface area contributed by atoms with Gasteiger partial charge in [0.15, 0.2) is 18.9 Å². The first-order chi connectivity index (χ1) is 37.3. The van der Waals surface area contributed by atoms with Crippen LogP contribution in [0.25, 0.3) is 0 Å². The van der Waals surface area contributed by atoms with Crippen LogP contribution >= 0.6 is 0 Å². The van der Waals surface area contributed by atoms with Crippen molar-refractivity contribution < 1.29 is 89.4 Å². The van der Waals surface area contributed by atoms with Crippen LogP contribution in [-0.4, -0.2) is 193 Å². The molecule has 3 heterocycles. The fourth-order valence-electron chi connectivity index (χ4n) is 10.3. The Morgan fingerprint density at radius 1 is 0.455 bits per heavy atom. The van der Waals surface area contributed by atoms with Crippen LogP contribution < -0.4 is 5.32 Å². The van der Waals surface area contributed by atoms with Gasteiger partial charge in [0.25, 0.3) is 0 Å². The molecule has 0 spiro atoms. The van der Waals surface area contributed by atoms with Gasteiger partial charge in [0.1, 0.15) is 73.2 Å². The van der Waals surface area contributed by atoms with Crippen molar-refractivity contribution >= 4 is 5.91 Å². The molecule has 0 aromatic carbocycles. The first-order valence-electron chi connectivity index (χ1n) is 30.1. The Balaban J connectivity index is 1.47. The van der Waals surface area contributed by atoms with Crippen molar-refractivity contribution in [3.8, 4) is 0 Å². The number of nitrogens with one attached hydrogen (secondary N) is 1. The first-order valence-corrected chi connectivity index (χ1v) is 30.1. The number of allylic oxidation sites excluding steroid dienone is 3. The predicted octanol–water partition coefficient (Wildman–Crippen LogP) is 5.15. The SMILES string of the molecule is CCC/C=C\CCCCCCCC(=O)NC(COC1OC(CO)C(OC2OC(CO)C(OC3OC(CO)C(O)C(O)C3O)C(O)C2O)C(O)C1O)C(O)/C=C/CCCCCCCCCCCCCCCCCCCCCC. The normalized spacial score (nSPS) is 30.8. The number of aliphatic hydroxyl groups excluding tert-OH is 11. The lowest BCUT2D eigenvalue weighted by molar-refractivity contribution is -0.379. The van der Waals surface area contributed by atoms with E-state index in [1.165, 1.54) is 109 Å². The maximum atomic E-state index is 13.2. The fourth-order valence-corrected chi connectivity index (χ4v) is 10.3. The Morgan fingerprint density at radius 2 is 0.844 bits per heavy atom. The number of rotatable bonds is 44. The zero-order valence-corrected chi connectivity index (χ0v) is 46.9. The molecule has 0 radical (unpaired) electrons. The summed E-state index contributed by atoms with van der Waals surface area (Å²) in [5.41, 5.74) is 0. The third kappa shape index (κ3) is 26.4. The number of carbonyl (C=O) groups is 1. The summed E-state index contributed by atoms with van der Waals surface area (Å²) >= 11 is 0. The molecule has 77 heavy (non-hydrogen) atoms. The van der Waals surface area contributed by atoms with Gasteiger partial charge in [0.2, 0.25) is 5.91 Å². The molecule has 0 bridgehead atoms. The third-order valence-corrected chi connectivity index (χ3v) is 15.2. The van der Waals surface area contributed by atoms with Gasteiger partial charge < -0.3 is 89.9 Å². The van der Waals surface area contributed by atoms with E-state index in [0.29, 0.717) is 6.42 Å². The second-order valence-corrected chi connectivity index (χ2v) is 21.8. The quantitative estimate of drug-likeness (QED) is 0.0277. The fraction of sp³-hybridized carbons (Fsp3) is 0.914. The molecule has 17 atom stereocenters. The predicted molar refractivity (Wildman–Crippen MR) is 291 cm³/mol. The molecule has 0 aliphatic carbocycles. The van der Waals surface area contributed by atoms with Crippen LogP contribution in [0.4, 0.5) is 0 Å². The van der Waals surface area contributed by atoms with E-state index in [-0.39, 0.29) is 18.9 Å². The Hall–Kier alpha value is -1.73. The highest BCUT2D eigenvalue weighted by molar-refractivity contribution is 5.76. The van der Waals surface area contributed by atoms with E-state index in [4.69, 9.17) is 28.4 Å². The number of unbranched alkanes of at least 4 members (excludes halogenated alkanes) is 26. The molecule has 3 saturated heterocycles. The molecule has 0 aromatic heterocycles. The number of ether oxygens (including phenoxy) is 6. The van der Waals surface area contributed by atoms with E-state index in [0.717, 1.165) is 70.6 Å². The summed E-state index contributed by atoms with van der Waals surface area (Å²) < 4.78 is 34.2. The third-order valence-electron chi connectivity index (χ3n) is 15.2. The average molecular weight is 1110 g/mol. The van der Waals surface area contributed by atoms with Gasteiger partial charge >= 0.3 is 0 Å². The Bertz CT molecular complexity index is 1510. The highest BCUT2D eigenvalue weighted by atomic mass is 16.8. The minimum absolute atomic E-state index is 0.233. The molecule has 3 aliphatic rings. The summed E-state index contributed by atoms with van der Waals surface area (Å²) in [6.45, 7) is 1.65. The number of carbonyl (C=O) groups excluding carboxylic acids is 1. The molecule has 12 N–H and O–H groups in total. The lowest BCUT2D eigenvalue weighted by Crippen LogP contribution is -2.66. The summed E-state index contributed by atoms with van der Waals surface area (Å²) in [4.78, 5) is 13.2. The van der Waals surface area contributed by atoms with Crippen molar-refractivity contribution in [3.63, 3.8) is 0 Å². The van der Waals surface area contributed by atoms with Crippen LogP contribution in [0, 0.1) is 0 Å². The zero-order chi connectivity index (χ0) is 56.2. The van der Waals surface area contributed by atoms with E-state index in [1.54, 1.807) is 6.08 Å². The smallest absolute Gasteiger partial charge is 0.220 e. The minimum Gasteiger partial charge on any atom is -0.394 e. The summed E-state index contributed by atoms with van der Waals surface area (Å²) in [6, 6.07) is -0.973. The molecular formula is C58H107NO18. The van der Waals surface area contributed by atoms with Crippen LogP contribution in [0.2, 0.25) is 0 Å². The van der Waals surface area contributed by atoms with Gasteiger partial charge in [-0.05, 0) is 38.5 Å².